The lowest BCUT2D eigenvalue weighted by molar-refractivity contribution is -0.142. The Labute approximate surface area is 139 Å². The first kappa shape index (κ1) is 18.8. The molecule has 2 N–H and O–H groups in total. The van der Waals surface area contributed by atoms with E-state index in [0.717, 1.165) is 5.56 Å². The number of rotatable bonds is 8. The van der Waals surface area contributed by atoms with E-state index in [9.17, 15) is 9.59 Å². The van der Waals surface area contributed by atoms with Crippen molar-refractivity contribution in [2.24, 2.45) is 5.10 Å². The van der Waals surface area contributed by atoms with Crippen LogP contribution in [0.5, 0.6) is 5.75 Å². The fourth-order valence-corrected chi connectivity index (χ4v) is 2.56. The predicted molar refractivity (Wildman–Crippen MR) is 89.0 cm³/mol. The molecule has 0 unspecified atom stereocenters. The maximum absolute atomic E-state index is 11.3. The molecule has 0 saturated carbocycles. The van der Waals surface area contributed by atoms with Crippen LogP contribution in [-0.2, 0) is 16.0 Å². The zero-order valence-electron chi connectivity index (χ0n) is 13.1. The average molecular weight is 340 g/mol. The van der Waals surface area contributed by atoms with Gasteiger partial charge in [0.2, 0.25) is 0 Å². The maximum atomic E-state index is 11.3. The first-order valence-corrected chi connectivity index (χ1v) is 8.00. The van der Waals surface area contributed by atoms with E-state index in [-0.39, 0.29) is 12.4 Å². The largest absolute Gasteiger partial charge is 0.497 e. The van der Waals surface area contributed by atoms with Crippen LogP contribution in [0.2, 0.25) is 0 Å². The van der Waals surface area contributed by atoms with E-state index in [1.165, 1.54) is 11.8 Å². The number of carbonyl (C=O) groups excluding carboxylic acids is 1. The molecule has 23 heavy (non-hydrogen) atoms. The monoisotopic (exact) mass is 340 g/mol. The van der Waals surface area contributed by atoms with Gasteiger partial charge in [0.05, 0.1) is 25.2 Å². The molecule has 0 aliphatic rings. The fourth-order valence-electron chi connectivity index (χ4n) is 1.68. The van der Waals surface area contributed by atoms with Crippen molar-refractivity contribution in [1.82, 2.24) is 5.43 Å². The van der Waals surface area contributed by atoms with Crippen molar-refractivity contribution in [3.05, 3.63) is 29.8 Å². The first-order chi connectivity index (χ1) is 11.0. The molecular weight excluding hydrogens is 320 g/mol. The van der Waals surface area contributed by atoms with Crippen LogP contribution in [0.15, 0.2) is 29.4 Å². The van der Waals surface area contributed by atoms with Gasteiger partial charge in [-0.15, -0.1) is 11.8 Å². The van der Waals surface area contributed by atoms with Gasteiger partial charge in [-0.2, -0.15) is 5.10 Å². The number of hydrazone groups is 1. The van der Waals surface area contributed by atoms with Gasteiger partial charge in [0, 0.05) is 12.2 Å². The van der Waals surface area contributed by atoms with Crippen molar-refractivity contribution >= 4 is 28.9 Å². The number of carbonyl (C=O) groups is 2. The van der Waals surface area contributed by atoms with Gasteiger partial charge in [-0.25, -0.2) is 10.2 Å². The summed E-state index contributed by atoms with van der Waals surface area (Å²) in [4.78, 5) is 21.9. The van der Waals surface area contributed by atoms with Gasteiger partial charge in [-0.05, 0) is 24.6 Å². The third-order valence-electron chi connectivity index (χ3n) is 2.65. The second kappa shape index (κ2) is 10.5. The molecular formula is C15H20N2O5S. The summed E-state index contributed by atoms with van der Waals surface area (Å²) in [6.45, 7) is 2.09. The molecule has 7 nitrogen and oxygen atoms in total. The number of carboxylic acid groups (broad SMARTS) is 1. The van der Waals surface area contributed by atoms with Crippen molar-refractivity contribution in [2.75, 3.05) is 19.5 Å². The molecule has 126 valence electrons. The van der Waals surface area contributed by atoms with Crippen LogP contribution in [0.3, 0.4) is 0 Å². The Kier molecular flexibility index (Phi) is 8.59. The molecule has 0 heterocycles. The number of esters is 1. The van der Waals surface area contributed by atoms with Gasteiger partial charge in [0.15, 0.2) is 0 Å². The Hall–Kier alpha value is -2.22. The van der Waals surface area contributed by atoms with Crippen LogP contribution in [0.25, 0.3) is 0 Å². The molecule has 1 amide bonds. The van der Waals surface area contributed by atoms with Gasteiger partial charge in [-0.1, -0.05) is 12.1 Å². The van der Waals surface area contributed by atoms with Crippen LogP contribution < -0.4 is 10.2 Å². The Bertz CT molecular complexity index is 563. The van der Waals surface area contributed by atoms with Crippen molar-refractivity contribution in [3.63, 3.8) is 0 Å². The van der Waals surface area contributed by atoms with Crippen LogP contribution in [0.1, 0.15) is 18.9 Å². The van der Waals surface area contributed by atoms with E-state index in [1.54, 1.807) is 14.0 Å². The molecule has 0 radical (unpaired) electrons. The summed E-state index contributed by atoms with van der Waals surface area (Å²) < 4.78 is 10.0. The molecule has 0 fully saturated rings. The van der Waals surface area contributed by atoms with Crippen LogP contribution in [0.4, 0.5) is 4.79 Å². The second-order valence-electron chi connectivity index (χ2n) is 4.35. The Morgan fingerprint density at radius 2 is 2.17 bits per heavy atom. The standard InChI is InChI=1S/C15H20N2O5S/c1-3-22-14(18)7-8-23-13(16-17-15(19)20)10-11-5-4-6-12(9-11)21-2/h4-6,9,17H,3,7-8,10H2,1-2H3,(H,19,20). The first-order valence-electron chi connectivity index (χ1n) is 7.02. The number of nitrogens with one attached hydrogen (secondary N) is 1. The molecule has 8 heteroatoms. The zero-order valence-corrected chi connectivity index (χ0v) is 13.9. The highest BCUT2D eigenvalue weighted by Crippen LogP contribution is 2.17. The van der Waals surface area contributed by atoms with E-state index in [0.29, 0.717) is 29.6 Å². The summed E-state index contributed by atoms with van der Waals surface area (Å²) in [6, 6.07) is 7.41. The number of methoxy groups -OCH3 is 1. The minimum absolute atomic E-state index is 0.239. The second-order valence-corrected chi connectivity index (χ2v) is 5.52. The number of hydrogen-bond acceptors (Lipinski definition) is 6. The van der Waals surface area contributed by atoms with Gasteiger partial charge in [-0.3, -0.25) is 4.79 Å². The number of thioether (sulfide) groups is 1. The smallest absolute Gasteiger partial charge is 0.425 e. The molecule has 0 saturated heterocycles. The van der Waals surface area contributed by atoms with Crippen molar-refractivity contribution < 1.29 is 24.2 Å². The molecule has 0 bridgehead atoms. The minimum Gasteiger partial charge on any atom is -0.497 e. The normalized spacial score (nSPS) is 11.0. The zero-order chi connectivity index (χ0) is 17.1. The highest BCUT2D eigenvalue weighted by molar-refractivity contribution is 8.13. The van der Waals surface area contributed by atoms with Crippen molar-refractivity contribution in [1.29, 1.82) is 0 Å². The predicted octanol–water partition coefficient (Wildman–Crippen LogP) is 2.51. The Balaban J connectivity index is 2.66. The fraction of sp³-hybridized carbons (Fsp3) is 0.400. The van der Waals surface area contributed by atoms with Crippen LogP contribution in [0, 0.1) is 0 Å². The molecule has 0 spiro atoms. The number of ether oxygens (including phenoxy) is 2. The van der Waals surface area contributed by atoms with Crippen molar-refractivity contribution in [2.45, 2.75) is 19.8 Å². The van der Waals surface area contributed by atoms with Gasteiger partial charge < -0.3 is 14.6 Å². The van der Waals surface area contributed by atoms with E-state index >= 15 is 0 Å². The Morgan fingerprint density at radius 3 is 2.83 bits per heavy atom. The summed E-state index contributed by atoms with van der Waals surface area (Å²) in [7, 11) is 1.58. The summed E-state index contributed by atoms with van der Waals surface area (Å²) in [5.41, 5.74) is 2.92. The number of amides is 1. The van der Waals surface area contributed by atoms with E-state index in [4.69, 9.17) is 14.6 Å². The average Bonchev–Trinajstić information content (AvgIpc) is 2.52. The van der Waals surface area contributed by atoms with E-state index in [1.807, 2.05) is 29.7 Å². The number of benzene rings is 1. The quantitative estimate of drug-likeness (QED) is 0.327. The maximum Gasteiger partial charge on any atom is 0.425 e. The topological polar surface area (TPSA) is 97.2 Å². The third kappa shape index (κ3) is 8.10. The van der Waals surface area contributed by atoms with E-state index < -0.39 is 6.09 Å². The van der Waals surface area contributed by atoms with Gasteiger partial charge in [0.1, 0.15) is 5.75 Å². The molecule has 0 aliphatic carbocycles. The SMILES string of the molecule is CCOC(=O)CCSC(Cc1cccc(OC)c1)=NNC(=O)O. The molecule has 0 aromatic heterocycles. The van der Waals surface area contributed by atoms with Gasteiger partial charge in [0.25, 0.3) is 0 Å². The van der Waals surface area contributed by atoms with E-state index in [2.05, 4.69) is 5.10 Å². The molecule has 0 atom stereocenters. The summed E-state index contributed by atoms with van der Waals surface area (Å²) >= 11 is 1.31. The highest BCUT2D eigenvalue weighted by atomic mass is 32.2. The summed E-state index contributed by atoms with van der Waals surface area (Å²) in [5.74, 6) is 0.889. The van der Waals surface area contributed by atoms with Crippen LogP contribution in [-0.4, -0.2) is 41.7 Å². The molecule has 1 aromatic carbocycles. The van der Waals surface area contributed by atoms with Crippen molar-refractivity contribution in [3.8, 4) is 5.75 Å². The minimum atomic E-state index is -1.24. The lowest BCUT2D eigenvalue weighted by atomic mass is 10.1. The van der Waals surface area contributed by atoms with Crippen LogP contribution >= 0.6 is 11.8 Å². The highest BCUT2D eigenvalue weighted by Gasteiger charge is 2.08. The Morgan fingerprint density at radius 1 is 1.39 bits per heavy atom. The third-order valence-corrected chi connectivity index (χ3v) is 3.62. The van der Waals surface area contributed by atoms with Gasteiger partial charge >= 0.3 is 12.1 Å². The summed E-state index contributed by atoms with van der Waals surface area (Å²) in [6.07, 6.45) is -0.563. The lowest BCUT2D eigenvalue weighted by Gasteiger charge is -2.08. The summed E-state index contributed by atoms with van der Waals surface area (Å²) in [5, 5.41) is 13.1. The molecule has 0 aliphatic heterocycles. The number of nitrogens with zero attached hydrogens (tertiary/aromatic N) is 1. The molecule has 1 aromatic rings. The lowest BCUT2D eigenvalue weighted by Crippen LogP contribution is -2.17. The molecule has 1 rings (SSSR count). The number of hydrogen-bond donors (Lipinski definition) is 2.